The number of benzene rings is 2. The first-order chi connectivity index (χ1) is 16.3. The van der Waals surface area contributed by atoms with Crippen molar-refractivity contribution < 1.29 is 24.2 Å². The van der Waals surface area contributed by atoms with Gasteiger partial charge in [-0.25, -0.2) is 4.79 Å². The Morgan fingerprint density at radius 2 is 1.68 bits per heavy atom. The molecule has 0 saturated heterocycles. The van der Waals surface area contributed by atoms with E-state index in [0.29, 0.717) is 0 Å². The molecular formula is C26H32N2O5S. The standard InChI is InChI=1S/C26H32N2O5S/c1-4-34-16-17(2)28(3)25(31)23(13-14-24(29)30)27-26(32)33-15-22-20-11-7-5-9-18(20)19-10-6-8-12-21(19)22/h5-12,17,22-23H,4,13-16H2,1-3H3,(H,27,32)(H,29,30). The van der Waals surface area contributed by atoms with Crippen molar-refractivity contribution in [1.29, 1.82) is 0 Å². The number of hydrogen-bond donors (Lipinski definition) is 2. The van der Waals surface area contributed by atoms with Gasteiger partial charge in [-0.2, -0.15) is 11.8 Å². The molecule has 0 spiro atoms. The first kappa shape index (κ1) is 25.6. The van der Waals surface area contributed by atoms with E-state index in [4.69, 9.17) is 9.84 Å². The van der Waals surface area contributed by atoms with Gasteiger partial charge in [0, 0.05) is 31.2 Å². The van der Waals surface area contributed by atoms with Gasteiger partial charge >= 0.3 is 12.1 Å². The molecule has 182 valence electrons. The lowest BCUT2D eigenvalue weighted by atomic mass is 9.98. The van der Waals surface area contributed by atoms with Crippen LogP contribution in [0, 0.1) is 0 Å². The number of nitrogens with one attached hydrogen (secondary N) is 1. The third-order valence-electron chi connectivity index (χ3n) is 6.15. The second kappa shape index (κ2) is 11.9. The van der Waals surface area contributed by atoms with Crippen LogP contribution in [-0.4, -0.2) is 65.2 Å². The number of hydrogen-bond acceptors (Lipinski definition) is 5. The molecule has 0 heterocycles. The molecule has 1 aliphatic rings. The second-order valence-corrected chi connectivity index (χ2v) is 9.73. The van der Waals surface area contributed by atoms with Crippen LogP contribution in [0.15, 0.2) is 48.5 Å². The third-order valence-corrected chi connectivity index (χ3v) is 7.28. The highest BCUT2D eigenvalue weighted by molar-refractivity contribution is 7.99. The first-order valence-corrected chi connectivity index (χ1v) is 12.7. The van der Waals surface area contributed by atoms with Gasteiger partial charge in [0.15, 0.2) is 0 Å². The number of amides is 2. The largest absolute Gasteiger partial charge is 0.481 e. The molecule has 0 radical (unpaired) electrons. The van der Waals surface area contributed by atoms with Gasteiger partial charge < -0.3 is 20.1 Å². The van der Waals surface area contributed by atoms with Crippen LogP contribution in [0.2, 0.25) is 0 Å². The number of ether oxygens (including phenoxy) is 1. The molecule has 7 nitrogen and oxygen atoms in total. The molecule has 0 fully saturated rings. The van der Waals surface area contributed by atoms with E-state index >= 15 is 0 Å². The van der Waals surface area contributed by atoms with Crippen molar-refractivity contribution in [2.45, 2.75) is 44.7 Å². The Morgan fingerprint density at radius 3 is 2.24 bits per heavy atom. The van der Waals surface area contributed by atoms with Crippen LogP contribution in [0.1, 0.15) is 43.7 Å². The van der Waals surface area contributed by atoms with Crippen molar-refractivity contribution >= 4 is 29.7 Å². The maximum absolute atomic E-state index is 13.0. The smallest absolute Gasteiger partial charge is 0.407 e. The molecule has 2 unspecified atom stereocenters. The number of nitrogens with zero attached hydrogens (tertiary/aromatic N) is 1. The Bertz CT molecular complexity index is 982. The summed E-state index contributed by atoms with van der Waals surface area (Å²) in [7, 11) is 1.68. The minimum atomic E-state index is -1.02. The average molecular weight is 485 g/mol. The fourth-order valence-corrected chi connectivity index (χ4v) is 4.97. The summed E-state index contributed by atoms with van der Waals surface area (Å²) in [5, 5.41) is 11.7. The molecular weight excluding hydrogens is 452 g/mol. The summed E-state index contributed by atoms with van der Waals surface area (Å²) in [5.41, 5.74) is 4.44. The highest BCUT2D eigenvalue weighted by Gasteiger charge is 2.31. The lowest BCUT2D eigenvalue weighted by molar-refractivity contribution is -0.138. The van der Waals surface area contributed by atoms with Crippen molar-refractivity contribution in [2.24, 2.45) is 0 Å². The zero-order valence-electron chi connectivity index (χ0n) is 19.8. The van der Waals surface area contributed by atoms with E-state index in [1.165, 1.54) is 0 Å². The SMILES string of the molecule is CCSCC(C)N(C)C(=O)C(CCC(=O)O)NC(=O)OCC1c2ccccc2-c2ccccc21. The molecule has 2 amide bonds. The number of fused-ring (bicyclic) bond motifs is 3. The molecule has 3 rings (SSSR count). The average Bonchev–Trinajstić information content (AvgIpc) is 3.16. The van der Waals surface area contributed by atoms with Gasteiger partial charge in [-0.15, -0.1) is 0 Å². The minimum Gasteiger partial charge on any atom is -0.481 e. The number of likely N-dealkylation sites (N-methyl/N-ethyl adjacent to an activating group) is 1. The maximum atomic E-state index is 13.0. The Balaban J connectivity index is 1.66. The highest BCUT2D eigenvalue weighted by Crippen LogP contribution is 2.44. The van der Waals surface area contributed by atoms with Crippen molar-refractivity contribution in [3.63, 3.8) is 0 Å². The maximum Gasteiger partial charge on any atom is 0.407 e. The number of carbonyl (C=O) groups excluding carboxylic acids is 2. The molecule has 1 aliphatic carbocycles. The van der Waals surface area contributed by atoms with Crippen molar-refractivity contribution in [3.05, 3.63) is 59.7 Å². The van der Waals surface area contributed by atoms with E-state index in [1.807, 2.05) is 50.2 Å². The van der Waals surface area contributed by atoms with Crippen LogP contribution in [0.25, 0.3) is 11.1 Å². The summed E-state index contributed by atoms with van der Waals surface area (Å²) in [6, 6.07) is 15.1. The highest BCUT2D eigenvalue weighted by atomic mass is 32.2. The number of carboxylic acids is 1. The molecule has 2 aromatic carbocycles. The van der Waals surface area contributed by atoms with Gasteiger partial charge in [0.2, 0.25) is 5.91 Å². The topological polar surface area (TPSA) is 95.9 Å². The van der Waals surface area contributed by atoms with Crippen LogP contribution in [0.4, 0.5) is 4.79 Å². The summed E-state index contributed by atoms with van der Waals surface area (Å²) in [6.45, 7) is 4.11. The minimum absolute atomic E-state index is 0.00363. The van der Waals surface area contributed by atoms with Crippen LogP contribution in [0.5, 0.6) is 0 Å². The van der Waals surface area contributed by atoms with Crippen molar-refractivity contribution in [1.82, 2.24) is 10.2 Å². The lowest BCUT2D eigenvalue weighted by Crippen LogP contribution is -2.50. The number of alkyl carbamates (subject to hydrolysis) is 1. The summed E-state index contributed by atoms with van der Waals surface area (Å²) >= 11 is 1.72. The zero-order chi connectivity index (χ0) is 24.7. The van der Waals surface area contributed by atoms with Gasteiger partial charge in [0.1, 0.15) is 12.6 Å². The van der Waals surface area contributed by atoms with Gasteiger partial charge in [-0.05, 0) is 41.4 Å². The van der Waals surface area contributed by atoms with Gasteiger partial charge in [-0.1, -0.05) is 55.5 Å². The zero-order valence-corrected chi connectivity index (χ0v) is 20.6. The van der Waals surface area contributed by atoms with Crippen LogP contribution in [-0.2, 0) is 14.3 Å². The molecule has 0 bridgehead atoms. The second-order valence-electron chi connectivity index (χ2n) is 8.41. The number of carboxylic acid groups (broad SMARTS) is 1. The van der Waals surface area contributed by atoms with E-state index in [-0.39, 0.29) is 37.3 Å². The number of aliphatic carboxylic acids is 1. The van der Waals surface area contributed by atoms with Crippen molar-refractivity contribution in [3.8, 4) is 11.1 Å². The molecule has 34 heavy (non-hydrogen) atoms. The van der Waals surface area contributed by atoms with Gasteiger partial charge in [0.25, 0.3) is 0 Å². The van der Waals surface area contributed by atoms with Crippen LogP contribution >= 0.6 is 11.8 Å². The predicted octanol–water partition coefficient (Wildman–Crippen LogP) is 4.36. The monoisotopic (exact) mass is 484 g/mol. The van der Waals surface area contributed by atoms with Crippen molar-refractivity contribution in [2.75, 3.05) is 25.2 Å². The van der Waals surface area contributed by atoms with Crippen LogP contribution in [0.3, 0.4) is 0 Å². The van der Waals surface area contributed by atoms with E-state index in [2.05, 4.69) is 17.4 Å². The van der Waals surface area contributed by atoms with E-state index in [0.717, 1.165) is 33.8 Å². The molecule has 8 heteroatoms. The molecule has 2 aromatic rings. The summed E-state index contributed by atoms with van der Waals surface area (Å²) in [5.74, 6) is 0.255. The Hall–Kier alpha value is -3.00. The van der Waals surface area contributed by atoms with Crippen LogP contribution < -0.4 is 5.32 Å². The molecule has 0 aromatic heterocycles. The Labute approximate surface area is 204 Å². The summed E-state index contributed by atoms with van der Waals surface area (Å²) in [6.07, 6.45) is -0.961. The third kappa shape index (κ3) is 6.11. The molecule has 0 saturated carbocycles. The number of rotatable bonds is 11. The van der Waals surface area contributed by atoms with E-state index in [1.54, 1.807) is 23.7 Å². The lowest BCUT2D eigenvalue weighted by Gasteiger charge is -2.29. The number of carbonyl (C=O) groups is 3. The fourth-order valence-electron chi connectivity index (χ4n) is 4.17. The summed E-state index contributed by atoms with van der Waals surface area (Å²) < 4.78 is 5.56. The molecule has 2 atom stereocenters. The van der Waals surface area contributed by atoms with E-state index in [9.17, 15) is 14.4 Å². The first-order valence-electron chi connectivity index (χ1n) is 11.5. The predicted molar refractivity (Wildman–Crippen MR) is 134 cm³/mol. The van der Waals surface area contributed by atoms with Gasteiger partial charge in [0.05, 0.1) is 0 Å². The van der Waals surface area contributed by atoms with E-state index < -0.39 is 18.1 Å². The Kier molecular flexibility index (Phi) is 8.98. The molecule has 0 aliphatic heterocycles. The van der Waals surface area contributed by atoms with Gasteiger partial charge in [-0.3, -0.25) is 9.59 Å². The quantitative estimate of drug-likeness (QED) is 0.492. The summed E-state index contributed by atoms with van der Waals surface area (Å²) in [4.78, 5) is 38.4. The normalized spacial score (nSPS) is 14.0. The molecule has 2 N–H and O–H groups in total. The number of thioether (sulfide) groups is 1. The Morgan fingerprint density at radius 1 is 1.09 bits per heavy atom. The fraction of sp³-hybridized carbons (Fsp3) is 0.423.